The molecule has 21 heavy (non-hydrogen) atoms. The predicted octanol–water partition coefficient (Wildman–Crippen LogP) is 3.69. The average Bonchev–Trinajstić information content (AvgIpc) is 3.00. The molecule has 0 aliphatic carbocycles. The standard InChI is InChI=1S/C17H12N4/c1-2-4-14-12(3-1)9-16(21-14)13-5-6-15(20-10-13)17-11-18-7-8-19-17/h1-11,21H. The number of aromatic amines is 1. The highest BCUT2D eigenvalue weighted by atomic mass is 14.8. The Morgan fingerprint density at radius 1 is 0.810 bits per heavy atom. The van der Waals surface area contributed by atoms with E-state index in [1.807, 2.05) is 30.5 Å². The van der Waals surface area contributed by atoms with E-state index in [1.54, 1.807) is 18.6 Å². The van der Waals surface area contributed by atoms with Gasteiger partial charge in [-0.2, -0.15) is 0 Å². The number of nitrogens with zero attached hydrogens (tertiary/aromatic N) is 3. The van der Waals surface area contributed by atoms with Crippen molar-refractivity contribution >= 4 is 10.9 Å². The molecule has 4 aromatic rings. The minimum Gasteiger partial charge on any atom is -0.354 e. The molecule has 4 rings (SSSR count). The van der Waals surface area contributed by atoms with Crippen LogP contribution in [0, 0.1) is 0 Å². The fourth-order valence-electron chi connectivity index (χ4n) is 2.36. The highest BCUT2D eigenvalue weighted by molar-refractivity contribution is 5.85. The summed E-state index contributed by atoms with van der Waals surface area (Å²) < 4.78 is 0. The molecule has 0 bridgehead atoms. The van der Waals surface area contributed by atoms with Crippen LogP contribution < -0.4 is 0 Å². The minimum absolute atomic E-state index is 0.778. The molecule has 0 radical (unpaired) electrons. The topological polar surface area (TPSA) is 54.5 Å². The zero-order chi connectivity index (χ0) is 14.1. The first-order chi connectivity index (χ1) is 10.4. The van der Waals surface area contributed by atoms with Crippen molar-refractivity contribution in [1.29, 1.82) is 0 Å². The number of H-pyrrole nitrogens is 1. The van der Waals surface area contributed by atoms with E-state index in [9.17, 15) is 0 Å². The van der Waals surface area contributed by atoms with Gasteiger partial charge in [-0.3, -0.25) is 15.0 Å². The van der Waals surface area contributed by atoms with Crippen LogP contribution in [0.25, 0.3) is 33.5 Å². The Hall–Kier alpha value is -3.01. The van der Waals surface area contributed by atoms with Gasteiger partial charge in [0.1, 0.15) is 5.69 Å². The lowest BCUT2D eigenvalue weighted by molar-refractivity contribution is 1.17. The minimum atomic E-state index is 0.778. The number of benzene rings is 1. The molecular weight excluding hydrogens is 260 g/mol. The van der Waals surface area contributed by atoms with Crippen molar-refractivity contribution in [2.24, 2.45) is 0 Å². The van der Waals surface area contributed by atoms with Crippen LogP contribution in [0.3, 0.4) is 0 Å². The first kappa shape index (κ1) is 11.8. The van der Waals surface area contributed by atoms with E-state index < -0.39 is 0 Å². The van der Waals surface area contributed by atoms with Gasteiger partial charge in [-0.15, -0.1) is 0 Å². The van der Waals surface area contributed by atoms with E-state index in [-0.39, 0.29) is 0 Å². The van der Waals surface area contributed by atoms with Gasteiger partial charge in [-0.25, -0.2) is 0 Å². The molecule has 1 aromatic carbocycles. The molecular formula is C17H12N4. The monoisotopic (exact) mass is 272 g/mol. The van der Waals surface area contributed by atoms with Crippen LogP contribution in [0.4, 0.5) is 0 Å². The molecule has 0 amide bonds. The summed E-state index contributed by atoms with van der Waals surface area (Å²) in [7, 11) is 0. The molecule has 0 aliphatic heterocycles. The van der Waals surface area contributed by atoms with Crippen molar-refractivity contribution in [2.45, 2.75) is 0 Å². The number of hydrogen-bond donors (Lipinski definition) is 1. The highest BCUT2D eigenvalue weighted by Crippen LogP contribution is 2.24. The summed E-state index contributed by atoms with van der Waals surface area (Å²) in [5.41, 5.74) is 4.85. The van der Waals surface area contributed by atoms with Crippen LogP contribution in [0.2, 0.25) is 0 Å². The van der Waals surface area contributed by atoms with Crippen molar-refractivity contribution in [2.75, 3.05) is 0 Å². The van der Waals surface area contributed by atoms with Gasteiger partial charge >= 0.3 is 0 Å². The van der Waals surface area contributed by atoms with Crippen LogP contribution in [-0.2, 0) is 0 Å². The number of hydrogen-bond acceptors (Lipinski definition) is 3. The second-order valence-electron chi connectivity index (χ2n) is 4.79. The fourth-order valence-corrected chi connectivity index (χ4v) is 2.36. The number of aromatic nitrogens is 4. The zero-order valence-electron chi connectivity index (χ0n) is 11.2. The van der Waals surface area contributed by atoms with Crippen molar-refractivity contribution < 1.29 is 0 Å². The number of nitrogens with one attached hydrogen (secondary N) is 1. The molecule has 4 nitrogen and oxygen atoms in total. The molecule has 100 valence electrons. The summed E-state index contributed by atoms with van der Waals surface area (Å²) >= 11 is 0. The third-order valence-corrected chi connectivity index (χ3v) is 3.43. The van der Waals surface area contributed by atoms with E-state index in [0.717, 1.165) is 28.2 Å². The lowest BCUT2D eigenvalue weighted by atomic mass is 10.1. The normalized spacial score (nSPS) is 10.9. The summed E-state index contributed by atoms with van der Waals surface area (Å²) in [5.74, 6) is 0. The molecule has 0 saturated heterocycles. The largest absolute Gasteiger partial charge is 0.354 e. The molecule has 0 aliphatic rings. The maximum atomic E-state index is 4.47. The van der Waals surface area contributed by atoms with Gasteiger partial charge in [0.25, 0.3) is 0 Å². The van der Waals surface area contributed by atoms with Crippen LogP contribution in [0.15, 0.2) is 67.3 Å². The van der Waals surface area contributed by atoms with Gasteiger partial charge in [0.05, 0.1) is 11.9 Å². The van der Waals surface area contributed by atoms with Crippen LogP contribution in [0.5, 0.6) is 0 Å². The lowest BCUT2D eigenvalue weighted by Gasteiger charge is -2.01. The number of para-hydroxylation sites is 1. The molecule has 4 heteroatoms. The summed E-state index contributed by atoms with van der Waals surface area (Å²) in [6.07, 6.45) is 6.89. The quantitative estimate of drug-likeness (QED) is 0.605. The van der Waals surface area contributed by atoms with Crippen molar-refractivity contribution in [3.05, 3.63) is 67.3 Å². The third-order valence-electron chi connectivity index (χ3n) is 3.43. The van der Waals surface area contributed by atoms with Crippen LogP contribution >= 0.6 is 0 Å². The van der Waals surface area contributed by atoms with Gasteiger partial charge in [0, 0.05) is 40.8 Å². The summed E-state index contributed by atoms with van der Waals surface area (Å²) in [6, 6.07) is 14.4. The van der Waals surface area contributed by atoms with Gasteiger partial charge < -0.3 is 4.98 Å². The molecule has 0 atom stereocenters. The Labute approximate surface area is 121 Å². The molecule has 3 heterocycles. The first-order valence-electron chi connectivity index (χ1n) is 6.71. The van der Waals surface area contributed by atoms with E-state index in [0.29, 0.717) is 0 Å². The van der Waals surface area contributed by atoms with Crippen LogP contribution in [0.1, 0.15) is 0 Å². The third kappa shape index (κ3) is 2.17. The van der Waals surface area contributed by atoms with Crippen molar-refractivity contribution in [3.63, 3.8) is 0 Å². The van der Waals surface area contributed by atoms with E-state index >= 15 is 0 Å². The Kier molecular flexibility index (Phi) is 2.71. The maximum absolute atomic E-state index is 4.47. The predicted molar refractivity (Wildman–Crippen MR) is 82.6 cm³/mol. The van der Waals surface area contributed by atoms with Gasteiger partial charge in [-0.1, -0.05) is 18.2 Å². The molecule has 0 saturated carbocycles. The Balaban J connectivity index is 1.73. The van der Waals surface area contributed by atoms with E-state index in [1.165, 1.54) is 5.39 Å². The second kappa shape index (κ2) is 4.83. The Morgan fingerprint density at radius 3 is 2.52 bits per heavy atom. The number of pyridine rings is 1. The summed E-state index contributed by atoms with van der Waals surface area (Å²) in [6.45, 7) is 0. The fraction of sp³-hybridized carbons (Fsp3) is 0. The molecule has 0 fully saturated rings. The average molecular weight is 272 g/mol. The van der Waals surface area contributed by atoms with Crippen LogP contribution in [-0.4, -0.2) is 19.9 Å². The molecule has 3 aromatic heterocycles. The van der Waals surface area contributed by atoms with E-state index in [2.05, 4.69) is 38.1 Å². The Morgan fingerprint density at radius 2 is 1.76 bits per heavy atom. The number of rotatable bonds is 2. The van der Waals surface area contributed by atoms with Gasteiger partial charge in [0.2, 0.25) is 0 Å². The highest BCUT2D eigenvalue weighted by Gasteiger charge is 2.05. The maximum Gasteiger partial charge on any atom is 0.107 e. The summed E-state index contributed by atoms with van der Waals surface area (Å²) in [5, 5.41) is 1.20. The zero-order valence-corrected chi connectivity index (χ0v) is 11.2. The molecule has 0 spiro atoms. The second-order valence-corrected chi connectivity index (χ2v) is 4.79. The summed E-state index contributed by atoms with van der Waals surface area (Å²) in [4.78, 5) is 16.2. The smallest absolute Gasteiger partial charge is 0.107 e. The Bertz CT molecular complexity index is 846. The van der Waals surface area contributed by atoms with Gasteiger partial charge in [-0.05, 0) is 24.3 Å². The van der Waals surface area contributed by atoms with Crippen molar-refractivity contribution in [3.8, 4) is 22.6 Å². The molecule has 1 N–H and O–H groups in total. The first-order valence-corrected chi connectivity index (χ1v) is 6.71. The van der Waals surface area contributed by atoms with Crippen molar-refractivity contribution in [1.82, 2.24) is 19.9 Å². The SMILES string of the molecule is c1ccc2[nH]c(-c3ccc(-c4cnccn4)nc3)cc2c1. The van der Waals surface area contributed by atoms with Gasteiger partial charge in [0.15, 0.2) is 0 Å². The number of fused-ring (bicyclic) bond motifs is 1. The molecule has 0 unspecified atom stereocenters. The lowest BCUT2D eigenvalue weighted by Crippen LogP contribution is -1.88. The van der Waals surface area contributed by atoms with E-state index in [4.69, 9.17) is 0 Å².